The fourth-order valence-corrected chi connectivity index (χ4v) is 2.95. The van der Waals surface area contributed by atoms with Gasteiger partial charge in [0.15, 0.2) is 5.65 Å². The molecule has 6 heteroatoms. The van der Waals surface area contributed by atoms with Gasteiger partial charge in [0.1, 0.15) is 0 Å². The summed E-state index contributed by atoms with van der Waals surface area (Å²) in [5.74, 6) is 0. The van der Waals surface area contributed by atoms with Crippen molar-refractivity contribution >= 4 is 22.9 Å². The number of hydrogen-bond donors (Lipinski definition) is 1. The summed E-state index contributed by atoms with van der Waals surface area (Å²) < 4.78 is 4.03. The summed E-state index contributed by atoms with van der Waals surface area (Å²) in [5.41, 5.74) is 11.3. The average molecular weight is 324 g/mol. The Labute approximate surface area is 137 Å². The third-order valence-electron chi connectivity index (χ3n) is 3.89. The number of halogens is 1. The van der Waals surface area contributed by atoms with Crippen LogP contribution >= 0.6 is 11.6 Å². The van der Waals surface area contributed by atoms with Gasteiger partial charge in [0, 0.05) is 40.9 Å². The molecule has 3 heterocycles. The van der Waals surface area contributed by atoms with Crippen LogP contribution < -0.4 is 5.73 Å². The number of anilines is 1. The maximum atomic E-state index is 6.29. The van der Waals surface area contributed by atoms with Crippen molar-refractivity contribution in [3.05, 3.63) is 65.7 Å². The van der Waals surface area contributed by atoms with Crippen LogP contribution in [-0.2, 0) is 0 Å². The maximum absolute atomic E-state index is 6.29. The summed E-state index contributed by atoms with van der Waals surface area (Å²) in [6.45, 7) is 1.98. The van der Waals surface area contributed by atoms with E-state index in [9.17, 15) is 0 Å². The van der Waals surface area contributed by atoms with Gasteiger partial charge in [-0.25, -0.2) is 9.50 Å². The molecular formula is C17H14ClN5. The molecule has 23 heavy (non-hydrogen) atoms. The molecule has 0 aliphatic heterocycles. The lowest BCUT2D eigenvalue weighted by molar-refractivity contribution is 0.805. The number of imidazole rings is 1. The molecule has 3 aromatic heterocycles. The van der Waals surface area contributed by atoms with Crippen LogP contribution in [0.2, 0.25) is 5.02 Å². The first-order valence-electron chi connectivity index (χ1n) is 7.16. The molecule has 0 atom stereocenters. The van der Waals surface area contributed by atoms with E-state index >= 15 is 0 Å². The van der Waals surface area contributed by atoms with Crippen molar-refractivity contribution in [3.8, 4) is 16.9 Å². The number of nitrogens with two attached hydrogens (primary N) is 1. The Kier molecular flexibility index (Phi) is 3.09. The molecule has 4 aromatic rings. The summed E-state index contributed by atoms with van der Waals surface area (Å²) in [6, 6.07) is 9.54. The minimum Gasteiger partial charge on any atom is -0.399 e. The second-order valence-corrected chi connectivity index (χ2v) is 5.77. The Balaban J connectivity index is 2.01. The highest BCUT2D eigenvalue weighted by Gasteiger charge is 2.14. The van der Waals surface area contributed by atoms with Gasteiger partial charge in [0.2, 0.25) is 0 Å². The molecular weight excluding hydrogens is 310 g/mol. The summed E-state index contributed by atoms with van der Waals surface area (Å²) >= 11 is 6.29. The maximum Gasteiger partial charge on any atom is 0.154 e. The lowest BCUT2D eigenvalue weighted by atomic mass is 10.2. The van der Waals surface area contributed by atoms with Gasteiger partial charge in [-0.15, -0.1) is 0 Å². The number of hydrogen-bond acceptors (Lipinski definition) is 3. The Morgan fingerprint density at radius 1 is 1.17 bits per heavy atom. The van der Waals surface area contributed by atoms with Crippen molar-refractivity contribution in [1.29, 1.82) is 0 Å². The van der Waals surface area contributed by atoms with Gasteiger partial charge in [-0.1, -0.05) is 11.6 Å². The Bertz CT molecular complexity index is 1000. The van der Waals surface area contributed by atoms with Gasteiger partial charge in [-0.05, 0) is 36.8 Å². The third-order valence-corrected chi connectivity index (χ3v) is 4.28. The fourth-order valence-electron chi connectivity index (χ4n) is 2.73. The van der Waals surface area contributed by atoms with E-state index in [4.69, 9.17) is 17.3 Å². The summed E-state index contributed by atoms with van der Waals surface area (Å²) in [5, 5.41) is 0.643. The van der Waals surface area contributed by atoms with Crippen molar-refractivity contribution in [2.24, 2.45) is 0 Å². The molecule has 0 saturated heterocycles. The monoisotopic (exact) mass is 323 g/mol. The van der Waals surface area contributed by atoms with Crippen molar-refractivity contribution in [1.82, 2.24) is 19.2 Å². The molecule has 0 aliphatic rings. The van der Waals surface area contributed by atoms with E-state index in [1.54, 1.807) is 12.3 Å². The SMILES string of the molecule is Cc1c(Cl)cc(N)cc1-n1ccc2ncc(-c3cccnc3)n21. The van der Waals surface area contributed by atoms with Crippen LogP contribution in [0.1, 0.15) is 5.56 Å². The van der Waals surface area contributed by atoms with Crippen molar-refractivity contribution in [3.63, 3.8) is 0 Å². The zero-order valence-corrected chi connectivity index (χ0v) is 13.2. The molecule has 114 valence electrons. The first-order valence-corrected chi connectivity index (χ1v) is 7.54. The number of aromatic nitrogens is 4. The number of benzene rings is 1. The van der Waals surface area contributed by atoms with Crippen LogP contribution in [0.4, 0.5) is 5.69 Å². The lowest BCUT2D eigenvalue weighted by Gasteiger charge is -2.13. The number of nitrogens with zero attached hydrogens (tertiary/aromatic N) is 4. The van der Waals surface area contributed by atoms with Crippen LogP contribution in [0.5, 0.6) is 0 Å². The van der Waals surface area contributed by atoms with Gasteiger partial charge < -0.3 is 5.73 Å². The van der Waals surface area contributed by atoms with E-state index in [0.717, 1.165) is 28.2 Å². The zero-order chi connectivity index (χ0) is 16.0. The number of nitrogen functional groups attached to an aromatic ring is 1. The lowest BCUT2D eigenvalue weighted by Crippen LogP contribution is -2.06. The van der Waals surface area contributed by atoms with E-state index in [0.29, 0.717) is 10.7 Å². The predicted molar refractivity (Wildman–Crippen MR) is 91.9 cm³/mol. The molecule has 0 aliphatic carbocycles. The van der Waals surface area contributed by atoms with E-state index in [2.05, 4.69) is 9.97 Å². The first-order chi connectivity index (χ1) is 11.1. The van der Waals surface area contributed by atoms with Gasteiger partial charge in [-0.3, -0.25) is 9.67 Å². The Hall–Kier alpha value is -2.79. The van der Waals surface area contributed by atoms with Gasteiger partial charge in [0.05, 0.1) is 17.6 Å². The predicted octanol–water partition coefficient (Wildman–Crippen LogP) is 3.73. The second kappa shape index (κ2) is 5.14. The quantitative estimate of drug-likeness (QED) is 0.572. The standard InChI is InChI=1S/C17H14ClN5/c1-11-14(18)7-13(19)8-15(11)22-6-4-17-21-10-16(23(17)22)12-3-2-5-20-9-12/h2-10H,19H2,1H3. The molecule has 0 radical (unpaired) electrons. The molecule has 0 fully saturated rings. The molecule has 0 amide bonds. The smallest absolute Gasteiger partial charge is 0.154 e. The minimum absolute atomic E-state index is 0.625. The van der Waals surface area contributed by atoms with E-state index < -0.39 is 0 Å². The van der Waals surface area contributed by atoms with Crippen LogP contribution in [0.15, 0.2) is 55.1 Å². The summed E-state index contributed by atoms with van der Waals surface area (Å²) in [7, 11) is 0. The largest absolute Gasteiger partial charge is 0.399 e. The van der Waals surface area contributed by atoms with Crippen LogP contribution in [-0.4, -0.2) is 19.2 Å². The number of fused-ring (bicyclic) bond motifs is 1. The highest BCUT2D eigenvalue weighted by Crippen LogP contribution is 2.28. The number of pyridine rings is 1. The Morgan fingerprint density at radius 3 is 2.83 bits per heavy atom. The molecule has 5 nitrogen and oxygen atoms in total. The van der Waals surface area contributed by atoms with Gasteiger partial charge >= 0.3 is 0 Å². The normalized spacial score (nSPS) is 11.2. The van der Waals surface area contributed by atoms with Crippen molar-refractivity contribution < 1.29 is 0 Å². The molecule has 2 N–H and O–H groups in total. The summed E-state index contributed by atoms with van der Waals surface area (Å²) in [4.78, 5) is 8.65. The highest BCUT2D eigenvalue weighted by molar-refractivity contribution is 6.31. The fraction of sp³-hybridized carbons (Fsp3) is 0.0588. The van der Waals surface area contributed by atoms with Gasteiger partial charge in [-0.2, -0.15) is 0 Å². The third kappa shape index (κ3) is 2.17. The van der Waals surface area contributed by atoms with Gasteiger partial charge in [0.25, 0.3) is 0 Å². The van der Waals surface area contributed by atoms with E-state index in [1.807, 2.05) is 59.0 Å². The van der Waals surface area contributed by atoms with Crippen molar-refractivity contribution in [2.45, 2.75) is 6.92 Å². The van der Waals surface area contributed by atoms with Crippen molar-refractivity contribution in [2.75, 3.05) is 5.73 Å². The van der Waals surface area contributed by atoms with E-state index in [-0.39, 0.29) is 0 Å². The molecule has 4 rings (SSSR count). The highest BCUT2D eigenvalue weighted by atomic mass is 35.5. The van der Waals surface area contributed by atoms with Crippen LogP contribution in [0.25, 0.3) is 22.6 Å². The number of rotatable bonds is 2. The second-order valence-electron chi connectivity index (χ2n) is 5.36. The van der Waals surface area contributed by atoms with E-state index in [1.165, 1.54) is 0 Å². The molecule has 1 aromatic carbocycles. The molecule has 0 unspecified atom stereocenters. The van der Waals surface area contributed by atoms with Crippen LogP contribution in [0, 0.1) is 6.92 Å². The minimum atomic E-state index is 0.625. The average Bonchev–Trinajstić information content (AvgIpc) is 3.13. The molecule has 0 bridgehead atoms. The zero-order valence-electron chi connectivity index (χ0n) is 12.4. The van der Waals surface area contributed by atoms with Crippen LogP contribution in [0.3, 0.4) is 0 Å². The first kappa shape index (κ1) is 13.8. The Morgan fingerprint density at radius 2 is 2.04 bits per heavy atom. The summed E-state index contributed by atoms with van der Waals surface area (Å²) in [6.07, 6.45) is 7.37. The molecule has 0 spiro atoms. The topological polar surface area (TPSA) is 61.1 Å². The molecule has 0 saturated carbocycles.